The first-order valence-electron chi connectivity index (χ1n) is 8.68. The zero-order valence-corrected chi connectivity index (χ0v) is 15.3. The molecule has 27 heavy (non-hydrogen) atoms. The first-order valence-corrected chi connectivity index (χ1v) is 9.06. The largest absolute Gasteiger partial charge is 0.439 e. The Hall–Kier alpha value is -2.86. The Balaban J connectivity index is 1.41. The molecule has 0 saturated carbocycles. The van der Waals surface area contributed by atoms with Crippen LogP contribution in [-0.4, -0.2) is 36.1 Å². The Morgan fingerprint density at radius 1 is 0.852 bits per heavy atom. The fourth-order valence-corrected chi connectivity index (χ4v) is 3.15. The quantitative estimate of drug-likeness (QED) is 0.667. The molecule has 1 aliphatic heterocycles. The van der Waals surface area contributed by atoms with Gasteiger partial charge >= 0.3 is 0 Å². The van der Waals surface area contributed by atoms with Gasteiger partial charge in [0.1, 0.15) is 23.7 Å². The van der Waals surface area contributed by atoms with Crippen molar-refractivity contribution in [1.29, 1.82) is 0 Å². The second-order valence-corrected chi connectivity index (χ2v) is 6.66. The predicted molar refractivity (Wildman–Crippen MR) is 104 cm³/mol. The lowest BCUT2D eigenvalue weighted by Gasteiger charge is -2.36. The van der Waals surface area contributed by atoms with Crippen molar-refractivity contribution in [3.63, 3.8) is 0 Å². The van der Waals surface area contributed by atoms with Gasteiger partial charge in [-0.3, -0.25) is 0 Å². The van der Waals surface area contributed by atoms with Gasteiger partial charge in [-0.2, -0.15) is 0 Å². The van der Waals surface area contributed by atoms with Crippen molar-refractivity contribution in [1.82, 2.24) is 9.97 Å². The van der Waals surface area contributed by atoms with E-state index in [1.165, 1.54) is 18.5 Å². The van der Waals surface area contributed by atoms with Crippen LogP contribution in [0.3, 0.4) is 0 Å². The first kappa shape index (κ1) is 17.5. The molecule has 4 rings (SSSR count). The van der Waals surface area contributed by atoms with Gasteiger partial charge in [0.05, 0.1) is 0 Å². The lowest BCUT2D eigenvalue weighted by Crippen LogP contribution is -2.46. The number of ether oxygens (including phenoxy) is 1. The lowest BCUT2D eigenvalue weighted by molar-refractivity contribution is 0.461. The maximum absolute atomic E-state index is 13.1. The Morgan fingerprint density at radius 2 is 1.52 bits per heavy atom. The molecule has 0 bridgehead atoms. The van der Waals surface area contributed by atoms with E-state index in [2.05, 4.69) is 19.8 Å². The molecule has 138 valence electrons. The third kappa shape index (κ3) is 4.28. The summed E-state index contributed by atoms with van der Waals surface area (Å²) in [5.74, 6) is 1.77. The van der Waals surface area contributed by atoms with E-state index in [9.17, 15) is 4.39 Å². The van der Waals surface area contributed by atoms with E-state index >= 15 is 0 Å². The first-order chi connectivity index (χ1) is 13.2. The Morgan fingerprint density at radius 3 is 2.22 bits per heavy atom. The van der Waals surface area contributed by atoms with Crippen LogP contribution in [0.1, 0.15) is 0 Å². The van der Waals surface area contributed by atoms with Gasteiger partial charge < -0.3 is 14.5 Å². The van der Waals surface area contributed by atoms with Gasteiger partial charge in [-0.25, -0.2) is 14.4 Å². The van der Waals surface area contributed by atoms with Gasteiger partial charge in [-0.1, -0.05) is 11.6 Å². The van der Waals surface area contributed by atoms with Gasteiger partial charge in [-0.05, 0) is 48.5 Å². The van der Waals surface area contributed by atoms with Gasteiger partial charge in [-0.15, -0.1) is 0 Å². The standard InChI is InChI=1S/C20H18ClFN4O/c21-15-1-7-18(8-2-15)27-20-13-19(23-14-24-20)26-11-9-25(10-12-26)17-5-3-16(22)4-6-17/h1-8,13-14H,9-12H2. The summed E-state index contributed by atoms with van der Waals surface area (Å²) in [7, 11) is 0. The second-order valence-electron chi connectivity index (χ2n) is 6.22. The maximum atomic E-state index is 13.1. The Bertz CT molecular complexity index is 897. The van der Waals surface area contributed by atoms with Crippen molar-refractivity contribution in [3.05, 3.63) is 71.8 Å². The van der Waals surface area contributed by atoms with Gasteiger partial charge in [0.15, 0.2) is 0 Å². The smallest absolute Gasteiger partial charge is 0.224 e. The summed E-state index contributed by atoms with van der Waals surface area (Å²) in [6, 6.07) is 15.6. The number of aromatic nitrogens is 2. The third-order valence-corrected chi connectivity index (χ3v) is 4.71. The van der Waals surface area contributed by atoms with Crippen molar-refractivity contribution in [2.24, 2.45) is 0 Å². The van der Waals surface area contributed by atoms with Crippen LogP contribution < -0.4 is 14.5 Å². The monoisotopic (exact) mass is 384 g/mol. The van der Waals surface area contributed by atoms with Crippen molar-refractivity contribution >= 4 is 23.1 Å². The SMILES string of the molecule is Fc1ccc(N2CCN(c3cc(Oc4ccc(Cl)cc4)ncn3)CC2)cc1. The van der Waals surface area contributed by atoms with Crippen molar-refractivity contribution in [3.8, 4) is 11.6 Å². The minimum absolute atomic E-state index is 0.216. The van der Waals surface area contributed by atoms with E-state index in [1.807, 2.05) is 18.2 Å². The molecule has 2 aromatic carbocycles. The summed E-state index contributed by atoms with van der Waals surface area (Å²) < 4.78 is 18.9. The van der Waals surface area contributed by atoms with Gasteiger partial charge in [0, 0.05) is 43.0 Å². The molecule has 0 aliphatic carbocycles. The predicted octanol–water partition coefficient (Wildman–Crippen LogP) is 4.39. The molecule has 5 nitrogen and oxygen atoms in total. The highest BCUT2D eigenvalue weighted by atomic mass is 35.5. The molecule has 1 fully saturated rings. The molecule has 3 aromatic rings. The van der Waals surface area contributed by atoms with E-state index < -0.39 is 0 Å². The number of piperazine rings is 1. The summed E-state index contributed by atoms with van der Waals surface area (Å²) in [5, 5.41) is 0.657. The number of benzene rings is 2. The zero-order valence-electron chi connectivity index (χ0n) is 14.6. The minimum Gasteiger partial charge on any atom is -0.439 e. The van der Waals surface area contributed by atoms with E-state index in [-0.39, 0.29) is 5.82 Å². The van der Waals surface area contributed by atoms with E-state index in [0.717, 1.165) is 37.7 Å². The summed E-state index contributed by atoms with van der Waals surface area (Å²) in [6.07, 6.45) is 1.51. The van der Waals surface area contributed by atoms with Crippen LogP contribution in [0.5, 0.6) is 11.6 Å². The van der Waals surface area contributed by atoms with Gasteiger partial charge in [0.25, 0.3) is 0 Å². The van der Waals surface area contributed by atoms with Crippen LogP contribution in [-0.2, 0) is 0 Å². The van der Waals surface area contributed by atoms with Crippen LogP contribution in [0.2, 0.25) is 5.02 Å². The summed E-state index contributed by atoms with van der Waals surface area (Å²) in [6.45, 7) is 3.30. The fraction of sp³-hybridized carbons (Fsp3) is 0.200. The lowest BCUT2D eigenvalue weighted by atomic mass is 10.2. The Kier molecular flexibility index (Phi) is 5.07. The number of rotatable bonds is 4. The molecule has 0 N–H and O–H groups in total. The molecular weight excluding hydrogens is 367 g/mol. The molecule has 1 aromatic heterocycles. The molecule has 7 heteroatoms. The fourth-order valence-electron chi connectivity index (χ4n) is 3.03. The molecule has 0 radical (unpaired) electrons. The van der Waals surface area contributed by atoms with Crippen LogP contribution in [0.25, 0.3) is 0 Å². The molecule has 1 saturated heterocycles. The highest BCUT2D eigenvalue weighted by molar-refractivity contribution is 6.30. The molecule has 0 spiro atoms. The average Bonchev–Trinajstić information content (AvgIpc) is 2.71. The van der Waals surface area contributed by atoms with Crippen LogP contribution in [0.4, 0.5) is 15.9 Å². The summed E-state index contributed by atoms with van der Waals surface area (Å²) in [4.78, 5) is 13.0. The number of anilines is 2. The second kappa shape index (κ2) is 7.80. The molecule has 0 atom stereocenters. The molecule has 2 heterocycles. The van der Waals surface area contributed by atoms with Crippen molar-refractivity contribution in [2.75, 3.05) is 36.0 Å². The van der Waals surface area contributed by atoms with Crippen LogP contribution in [0.15, 0.2) is 60.9 Å². The van der Waals surface area contributed by atoms with Crippen molar-refractivity contribution < 1.29 is 9.13 Å². The topological polar surface area (TPSA) is 41.5 Å². The zero-order chi connectivity index (χ0) is 18.6. The number of nitrogens with zero attached hydrogens (tertiary/aromatic N) is 4. The summed E-state index contributed by atoms with van der Waals surface area (Å²) >= 11 is 5.89. The summed E-state index contributed by atoms with van der Waals surface area (Å²) in [5.41, 5.74) is 1.03. The third-order valence-electron chi connectivity index (χ3n) is 4.46. The van der Waals surface area contributed by atoms with Gasteiger partial charge in [0.2, 0.25) is 5.88 Å². The van der Waals surface area contributed by atoms with Crippen molar-refractivity contribution in [2.45, 2.75) is 0 Å². The molecular formula is C20H18ClFN4O. The van der Waals surface area contributed by atoms with E-state index in [4.69, 9.17) is 16.3 Å². The molecule has 0 amide bonds. The van der Waals surface area contributed by atoms with E-state index in [0.29, 0.717) is 16.7 Å². The normalized spacial score (nSPS) is 14.3. The average molecular weight is 385 g/mol. The molecule has 1 aliphatic rings. The Labute approximate surface area is 162 Å². The number of halogens is 2. The molecule has 0 unspecified atom stereocenters. The van der Waals surface area contributed by atoms with E-state index in [1.54, 1.807) is 24.3 Å². The van der Waals surface area contributed by atoms with Crippen LogP contribution >= 0.6 is 11.6 Å². The highest BCUT2D eigenvalue weighted by Crippen LogP contribution is 2.25. The number of hydrogen-bond acceptors (Lipinski definition) is 5. The minimum atomic E-state index is -0.216. The van der Waals surface area contributed by atoms with Crippen LogP contribution in [0, 0.1) is 5.82 Å². The maximum Gasteiger partial charge on any atom is 0.224 e. The highest BCUT2D eigenvalue weighted by Gasteiger charge is 2.19. The number of hydrogen-bond donors (Lipinski definition) is 0.